The highest BCUT2D eigenvalue weighted by molar-refractivity contribution is 7.13. The van der Waals surface area contributed by atoms with Crippen molar-refractivity contribution >= 4 is 28.8 Å². The van der Waals surface area contributed by atoms with Gasteiger partial charge in [-0.2, -0.15) is 0 Å². The van der Waals surface area contributed by atoms with Crippen molar-refractivity contribution in [3.05, 3.63) is 75.2 Å². The number of hydrogen-bond donors (Lipinski definition) is 1. The molecular formula is C22H22N4O2S. The number of nitrogens with one attached hydrogen (secondary N) is 1. The zero-order chi connectivity index (χ0) is 20.4. The van der Waals surface area contributed by atoms with Crippen LogP contribution in [0.5, 0.6) is 0 Å². The van der Waals surface area contributed by atoms with E-state index in [1.807, 2.05) is 67.3 Å². The first-order valence-electron chi connectivity index (χ1n) is 9.60. The SMILES string of the molecule is Cc1ccc(NC(=O)c2nnc([C@@H]3CCCN3C(=O)c3ccc(C)cc3)s2)cc1. The molecule has 0 bridgehead atoms. The molecule has 148 valence electrons. The van der Waals surface area contributed by atoms with Crippen LogP contribution in [0.15, 0.2) is 48.5 Å². The number of rotatable bonds is 4. The molecule has 1 aliphatic heterocycles. The minimum Gasteiger partial charge on any atom is -0.329 e. The molecule has 2 amide bonds. The molecule has 1 fully saturated rings. The summed E-state index contributed by atoms with van der Waals surface area (Å²) in [6.45, 7) is 4.67. The van der Waals surface area contributed by atoms with E-state index >= 15 is 0 Å². The zero-order valence-corrected chi connectivity index (χ0v) is 17.2. The normalized spacial score (nSPS) is 16.1. The number of benzene rings is 2. The minimum atomic E-state index is -0.285. The number of hydrogen-bond acceptors (Lipinski definition) is 5. The van der Waals surface area contributed by atoms with Crippen LogP contribution in [0.3, 0.4) is 0 Å². The Morgan fingerprint density at radius 3 is 2.34 bits per heavy atom. The molecule has 1 atom stereocenters. The highest BCUT2D eigenvalue weighted by Crippen LogP contribution is 2.34. The van der Waals surface area contributed by atoms with Crippen LogP contribution in [0.2, 0.25) is 0 Å². The Bertz CT molecular complexity index is 1030. The lowest BCUT2D eigenvalue weighted by Gasteiger charge is -2.22. The van der Waals surface area contributed by atoms with Crippen LogP contribution in [0.1, 0.15) is 55.2 Å². The highest BCUT2D eigenvalue weighted by atomic mass is 32.1. The van der Waals surface area contributed by atoms with Gasteiger partial charge in [-0.3, -0.25) is 9.59 Å². The third kappa shape index (κ3) is 4.19. The third-order valence-corrected chi connectivity index (χ3v) is 6.06. The minimum absolute atomic E-state index is 0.00615. The second-order valence-electron chi connectivity index (χ2n) is 7.29. The number of aryl methyl sites for hydroxylation is 2. The molecule has 6 nitrogen and oxygen atoms in total. The molecule has 4 rings (SSSR count). The fraction of sp³-hybridized carbons (Fsp3) is 0.273. The van der Waals surface area contributed by atoms with Gasteiger partial charge in [-0.1, -0.05) is 46.7 Å². The van der Waals surface area contributed by atoms with E-state index in [0.717, 1.165) is 29.7 Å². The first-order chi connectivity index (χ1) is 14.0. The van der Waals surface area contributed by atoms with E-state index < -0.39 is 0 Å². The van der Waals surface area contributed by atoms with Crippen molar-refractivity contribution in [3.8, 4) is 0 Å². The highest BCUT2D eigenvalue weighted by Gasteiger charge is 2.33. The van der Waals surface area contributed by atoms with Crippen molar-refractivity contribution in [2.75, 3.05) is 11.9 Å². The molecular weight excluding hydrogens is 384 g/mol. The third-order valence-electron chi connectivity index (χ3n) is 5.04. The van der Waals surface area contributed by atoms with E-state index in [9.17, 15) is 9.59 Å². The summed E-state index contributed by atoms with van der Waals surface area (Å²) in [5.74, 6) is -0.291. The van der Waals surface area contributed by atoms with Crippen molar-refractivity contribution in [1.29, 1.82) is 0 Å². The van der Waals surface area contributed by atoms with E-state index in [1.54, 1.807) is 0 Å². The average molecular weight is 407 g/mol. The lowest BCUT2D eigenvalue weighted by atomic mass is 10.1. The van der Waals surface area contributed by atoms with Crippen LogP contribution < -0.4 is 5.32 Å². The van der Waals surface area contributed by atoms with Crippen molar-refractivity contribution in [1.82, 2.24) is 15.1 Å². The number of carbonyl (C=O) groups excluding carboxylic acids is 2. The maximum Gasteiger partial charge on any atom is 0.286 e. The molecule has 0 aliphatic carbocycles. The Hall–Kier alpha value is -3.06. The van der Waals surface area contributed by atoms with Crippen LogP contribution in [-0.2, 0) is 0 Å². The number of nitrogens with zero attached hydrogens (tertiary/aromatic N) is 3. The molecule has 29 heavy (non-hydrogen) atoms. The molecule has 0 radical (unpaired) electrons. The van der Waals surface area contributed by atoms with Gasteiger partial charge in [0.15, 0.2) is 0 Å². The average Bonchev–Trinajstić information content (AvgIpc) is 3.39. The van der Waals surface area contributed by atoms with E-state index in [4.69, 9.17) is 0 Å². The van der Waals surface area contributed by atoms with Crippen molar-refractivity contribution in [3.63, 3.8) is 0 Å². The van der Waals surface area contributed by atoms with Crippen LogP contribution in [-0.4, -0.2) is 33.5 Å². The number of aromatic nitrogens is 2. The lowest BCUT2D eigenvalue weighted by molar-refractivity contribution is 0.0735. The summed E-state index contributed by atoms with van der Waals surface area (Å²) in [7, 11) is 0. The second-order valence-corrected chi connectivity index (χ2v) is 8.30. The summed E-state index contributed by atoms with van der Waals surface area (Å²) < 4.78 is 0. The van der Waals surface area contributed by atoms with Gasteiger partial charge in [-0.25, -0.2) is 0 Å². The molecule has 1 saturated heterocycles. The fourth-order valence-electron chi connectivity index (χ4n) is 3.41. The zero-order valence-electron chi connectivity index (χ0n) is 16.4. The predicted octanol–water partition coefficient (Wildman–Crippen LogP) is 4.38. The molecule has 1 aromatic heterocycles. The summed E-state index contributed by atoms with van der Waals surface area (Å²) in [5, 5.41) is 12.1. The number of anilines is 1. The molecule has 2 aromatic carbocycles. The summed E-state index contributed by atoms with van der Waals surface area (Å²) in [5.41, 5.74) is 3.63. The predicted molar refractivity (Wildman–Crippen MR) is 113 cm³/mol. The summed E-state index contributed by atoms with van der Waals surface area (Å²) in [6.07, 6.45) is 1.73. The van der Waals surface area contributed by atoms with Gasteiger partial charge in [0.25, 0.3) is 11.8 Å². The van der Waals surface area contributed by atoms with Gasteiger partial charge in [-0.15, -0.1) is 10.2 Å². The van der Waals surface area contributed by atoms with Crippen molar-refractivity contribution in [2.45, 2.75) is 32.7 Å². The molecule has 1 N–H and O–H groups in total. The van der Waals surface area contributed by atoms with Gasteiger partial charge in [0.05, 0.1) is 6.04 Å². The Morgan fingerprint density at radius 2 is 1.66 bits per heavy atom. The van der Waals surface area contributed by atoms with Gasteiger partial charge in [0.2, 0.25) is 5.01 Å². The van der Waals surface area contributed by atoms with Gasteiger partial charge in [0.1, 0.15) is 5.01 Å². The van der Waals surface area contributed by atoms with Crippen LogP contribution in [0, 0.1) is 13.8 Å². The molecule has 0 spiro atoms. The van der Waals surface area contributed by atoms with Crippen LogP contribution in [0.25, 0.3) is 0 Å². The first kappa shape index (κ1) is 19.3. The molecule has 0 unspecified atom stereocenters. The molecule has 7 heteroatoms. The monoisotopic (exact) mass is 406 g/mol. The number of carbonyl (C=O) groups is 2. The van der Waals surface area contributed by atoms with E-state index in [-0.39, 0.29) is 17.9 Å². The standard InChI is InChI=1S/C22H22N4O2S/c1-14-5-9-16(10-6-14)22(28)26-13-3-4-18(26)20-24-25-21(29-20)19(27)23-17-11-7-15(2)8-12-17/h5-12,18H,3-4,13H2,1-2H3,(H,23,27)/t18-/m0/s1. The van der Waals surface area contributed by atoms with Gasteiger partial charge in [-0.05, 0) is 51.0 Å². The Kier molecular flexibility index (Phi) is 5.40. The van der Waals surface area contributed by atoms with Gasteiger partial charge in [0, 0.05) is 17.8 Å². The second kappa shape index (κ2) is 8.13. The first-order valence-corrected chi connectivity index (χ1v) is 10.4. The lowest BCUT2D eigenvalue weighted by Crippen LogP contribution is -2.30. The van der Waals surface area contributed by atoms with Gasteiger partial charge >= 0.3 is 0 Å². The maximum absolute atomic E-state index is 13.0. The molecule has 2 heterocycles. The van der Waals surface area contributed by atoms with E-state index in [2.05, 4.69) is 15.5 Å². The largest absolute Gasteiger partial charge is 0.329 e. The Morgan fingerprint density at radius 1 is 1.00 bits per heavy atom. The fourth-order valence-corrected chi connectivity index (χ4v) is 4.30. The van der Waals surface area contributed by atoms with Crippen molar-refractivity contribution < 1.29 is 9.59 Å². The number of amides is 2. The van der Waals surface area contributed by atoms with E-state index in [1.165, 1.54) is 11.3 Å². The van der Waals surface area contributed by atoms with E-state index in [0.29, 0.717) is 22.1 Å². The summed E-state index contributed by atoms with van der Waals surface area (Å²) >= 11 is 1.25. The van der Waals surface area contributed by atoms with Crippen LogP contribution in [0.4, 0.5) is 5.69 Å². The Balaban J connectivity index is 1.49. The van der Waals surface area contributed by atoms with Gasteiger partial charge < -0.3 is 10.2 Å². The smallest absolute Gasteiger partial charge is 0.286 e. The Labute approximate surface area is 173 Å². The summed E-state index contributed by atoms with van der Waals surface area (Å²) in [4.78, 5) is 27.3. The van der Waals surface area contributed by atoms with Crippen LogP contribution >= 0.6 is 11.3 Å². The maximum atomic E-state index is 13.0. The van der Waals surface area contributed by atoms with Crippen molar-refractivity contribution in [2.24, 2.45) is 0 Å². The molecule has 1 aliphatic rings. The quantitative estimate of drug-likeness (QED) is 0.697. The number of likely N-dealkylation sites (tertiary alicyclic amines) is 1. The molecule has 0 saturated carbocycles. The summed E-state index contributed by atoms with van der Waals surface area (Å²) in [6, 6.07) is 15.0. The topological polar surface area (TPSA) is 75.2 Å². The molecule has 3 aromatic rings.